The smallest absolute Gasteiger partial charge is 0.344 e. The van der Waals surface area contributed by atoms with Crippen molar-refractivity contribution in [3.8, 4) is 0 Å². The van der Waals surface area contributed by atoms with E-state index in [-0.39, 0.29) is 30.4 Å². The molecule has 0 bridgehead atoms. The number of Topliss-reactive ketones (excluding diaryl/α,β-unsaturated/α-hetero) is 1. The maximum absolute atomic E-state index is 12.1. The average molecular weight is 258 g/mol. The molecule has 0 saturated carbocycles. The highest BCUT2D eigenvalue weighted by molar-refractivity contribution is 6.30. The van der Waals surface area contributed by atoms with Gasteiger partial charge in [0.1, 0.15) is 5.57 Å². The Kier molecular flexibility index (Phi) is 2.48. The lowest BCUT2D eigenvalue weighted by atomic mass is 10.1. The van der Waals surface area contributed by atoms with Gasteiger partial charge in [-0.3, -0.25) is 14.5 Å². The van der Waals surface area contributed by atoms with Crippen LogP contribution < -0.4 is 0 Å². The van der Waals surface area contributed by atoms with E-state index >= 15 is 0 Å². The Morgan fingerprint density at radius 2 is 1.95 bits per heavy atom. The summed E-state index contributed by atoms with van der Waals surface area (Å²) < 4.78 is 4.90. The number of ether oxygens (including phenoxy) is 1. The molecule has 2 aliphatic rings. The van der Waals surface area contributed by atoms with Crippen molar-refractivity contribution in [1.82, 2.24) is 4.90 Å². The van der Waals surface area contributed by atoms with Crippen molar-refractivity contribution < 1.29 is 19.1 Å². The van der Waals surface area contributed by atoms with E-state index in [0.717, 1.165) is 0 Å². The van der Waals surface area contributed by atoms with Crippen molar-refractivity contribution in [1.29, 1.82) is 0 Å². The molecule has 0 radical (unpaired) electrons. The number of ketones is 1. The molecule has 0 saturated heterocycles. The number of fused-ring (bicyclic) bond motifs is 3. The maximum Gasteiger partial charge on any atom is 0.344 e. The Morgan fingerprint density at radius 1 is 1.26 bits per heavy atom. The lowest BCUT2D eigenvalue weighted by Gasteiger charge is -2.09. The van der Waals surface area contributed by atoms with Crippen LogP contribution in [0.2, 0.25) is 0 Å². The molecule has 1 aromatic carbocycles. The van der Waals surface area contributed by atoms with Gasteiger partial charge in [-0.25, -0.2) is 4.79 Å². The van der Waals surface area contributed by atoms with Crippen LogP contribution in [-0.4, -0.2) is 35.7 Å². The second-order valence-corrected chi connectivity index (χ2v) is 4.30. The molecule has 1 aromatic rings. The fourth-order valence-electron chi connectivity index (χ4n) is 2.46. The summed E-state index contributed by atoms with van der Waals surface area (Å²) in [5.41, 5.74) is 1.53. The first-order chi connectivity index (χ1) is 9.15. The van der Waals surface area contributed by atoms with Gasteiger partial charge in [0, 0.05) is 11.1 Å². The molecule has 3 rings (SSSR count). The second kappa shape index (κ2) is 4.05. The third kappa shape index (κ3) is 1.51. The second-order valence-electron chi connectivity index (χ2n) is 4.30. The number of carbonyl (C=O) groups excluding carboxylic acids is 3. The molecule has 0 spiro atoms. The van der Waals surface area contributed by atoms with Gasteiger partial charge in [0.05, 0.1) is 18.8 Å². The molecule has 19 heavy (non-hydrogen) atoms. The van der Waals surface area contributed by atoms with Gasteiger partial charge < -0.3 is 4.74 Å². The number of carbonyl (C=O) groups is 3. The van der Waals surface area contributed by atoms with Gasteiger partial charge >= 0.3 is 5.97 Å². The topological polar surface area (TPSA) is 63.7 Å². The summed E-state index contributed by atoms with van der Waals surface area (Å²) in [5.74, 6) is -1.26. The summed E-state index contributed by atoms with van der Waals surface area (Å²) in [4.78, 5) is 37.3. The van der Waals surface area contributed by atoms with Gasteiger partial charge in [-0.1, -0.05) is 18.2 Å². The van der Waals surface area contributed by atoms with Crippen LogP contribution in [0.25, 0.3) is 5.70 Å². The zero-order chi connectivity index (χ0) is 13.6. The Bertz CT molecular complexity index is 645. The summed E-state index contributed by atoms with van der Waals surface area (Å²) in [6.45, 7) is 1.78. The molecule has 2 aliphatic heterocycles. The molecule has 5 nitrogen and oxygen atoms in total. The van der Waals surface area contributed by atoms with Gasteiger partial charge in [0.15, 0.2) is 5.78 Å². The summed E-state index contributed by atoms with van der Waals surface area (Å²) in [5, 5.41) is 0. The summed E-state index contributed by atoms with van der Waals surface area (Å²) in [6.07, 6.45) is 0. The monoisotopic (exact) mass is 258 g/mol. The number of hydrogen-bond donors (Lipinski definition) is 0. The van der Waals surface area contributed by atoms with Crippen molar-refractivity contribution in [2.24, 2.45) is 0 Å². The van der Waals surface area contributed by atoms with E-state index in [4.69, 9.17) is 4.74 Å². The fraction of sp³-hybridized carbons (Fsp3) is 0.214. The van der Waals surface area contributed by atoms with Gasteiger partial charge in [0.25, 0.3) is 5.91 Å². The average Bonchev–Trinajstić information content (AvgIpc) is 2.87. The van der Waals surface area contributed by atoms with E-state index in [2.05, 4.69) is 0 Å². The molecule has 1 amide bonds. The molecule has 96 valence electrons. The van der Waals surface area contributed by atoms with Gasteiger partial charge in [-0.15, -0.1) is 0 Å². The minimum Gasteiger partial charge on any atom is -0.462 e. The molecule has 0 N–H and O–H groups in total. The zero-order valence-corrected chi connectivity index (χ0v) is 10.3. The number of amides is 1. The van der Waals surface area contributed by atoms with Crippen LogP contribution in [0.1, 0.15) is 22.8 Å². The third-order valence-electron chi connectivity index (χ3n) is 3.22. The molecular weight excluding hydrogens is 247 g/mol. The third-order valence-corrected chi connectivity index (χ3v) is 3.22. The van der Waals surface area contributed by atoms with Crippen molar-refractivity contribution in [3.05, 3.63) is 41.0 Å². The van der Waals surface area contributed by atoms with Crippen LogP contribution in [0.5, 0.6) is 0 Å². The summed E-state index contributed by atoms with van der Waals surface area (Å²) >= 11 is 0. The number of rotatable bonds is 2. The number of hydrogen-bond acceptors (Lipinski definition) is 4. The molecule has 0 unspecified atom stereocenters. The van der Waals surface area contributed by atoms with Gasteiger partial charge in [0.2, 0.25) is 0 Å². The lowest BCUT2D eigenvalue weighted by Crippen LogP contribution is -2.23. The number of benzene rings is 1. The van der Waals surface area contributed by atoms with E-state index in [1.807, 2.05) is 0 Å². The van der Waals surface area contributed by atoms with Crippen LogP contribution in [0.4, 0.5) is 0 Å². The van der Waals surface area contributed by atoms with Crippen LogP contribution in [0, 0.1) is 0 Å². The minimum absolute atomic E-state index is 0.0137. The van der Waals surface area contributed by atoms with Crippen LogP contribution in [0.15, 0.2) is 29.8 Å². The van der Waals surface area contributed by atoms with Gasteiger partial charge in [-0.05, 0) is 13.0 Å². The zero-order valence-electron chi connectivity index (χ0n) is 10.3. The van der Waals surface area contributed by atoms with E-state index in [9.17, 15) is 14.4 Å². The Morgan fingerprint density at radius 3 is 2.63 bits per heavy atom. The van der Waals surface area contributed by atoms with Crippen LogP contribution in [-0.2, 0) is 14.3 Å². The van der Waals surface area contributed by atoms with E-state index in [0.29, 0.717) is 16.8 Å². The summed E-state index contributed by atoms with van der Waals surface area (Å²) in [6, 6.07) is 6.95. The molecule has 0 aliphatic carbocycles. The molecule has 0 aromatic heterocycles. The van der Waals surface area contributed by atoms with Crippen LogP contribution >= 0.6 is 0 Å². The highest BCUT2D eigenvalue weighted by Crippen LogP contribution is 2.39. The summed E-state index contributed by atoms with van der Waals surface area (Å²) in [7, 11) is 0. The molecule has 5 heteroatoms. The molecule has 0 fully saturated rings. The lowest BCUT2D eigenvalue weighted by molar-refractivity contribution is -0.139. The van der Waals surface area contributed by atoms with Crippen molar-refractivity contribution in [2.45, 2.75) is 6.92 Å². The highest BCUT2D eigenvalue weighted by Gasteiger charge is 2.44. The molecular formula is C14H11NO4. The van der Waals surface area contributed by atoms with E-state index in [1.165, 1.54) is 4.90 Å². The van der Waals surface area contributed by atoms with E-state index in [1.54, 1.807) is 31.2 Å². The maximum atomic E-state index is 12.1. The number of nitrogens with zero attached hydrogens (tertiary/aromatic N) is 1. The van der Waals surface area contributed by atoms with Gasteiger partial charge in [-0.2, -0.15) is 0 Å². The highest BCUT2D eigenvalue weighted by atomic mass is 16.5. The van der Waals surface area contributed by atoms with Crippen molar-refractivity contribution in [3.63, 3.8) is 0 Å². The Balaban J connectivity index is 2.20. The standard InChI is InChI=1S/C14H11NO4/c1-2-19-14(18)11-10(16)7-15-12(11)8-5-3-4-6-9(8)13(15)17/h3-6H,2,7H2,1H3/i10+1. The number of esters is 1. The minimum atomic E-state index is -0.658. The first kappa shape index (κ1) is 11.6. The first-order valence-electron chi connectivity index (χ1n) is 6.01. The molecule has 2 heterocycles. The predicted molar refractivity (Wildman–Crippen MR) is 66.0 cm³/mol. The SMILES string of the molecule is CCOC(=O)C1=C2c3ccccc3C(=O)N2C[13C]1=O. The van der Waals surface area contributed by atoms with Crippen LogP contribution in [0.3, 0.4) is 0 Å². The Labute approximate surface area is 109 Å². The predicted octanol–water partition coefficient (Wildman–Crippen LogP) is 0.999. The largest absolute Gasteiger partial charge is 0.462 e. The first-order valence-corrected chi connectivity index (χ1v) is 6.01. The normalized spacial score (nSPS) is 16.8. The molecule has 0 atom stereocenters. The quantitative estimate of drug-likeness (QED) is 0.451. The Hall–Kier alpha value is -2.43. The fourth-order valence-corrected chi connectivity index (χ4v) is 2.46. The van der Waals surface area contributed by atoms with Crippen molar-refractivity contribution in [2.75, 3.05) is 13.2 Å². The van der Waals surface area contributed by atoms with E-state index < -0.39 is 5.97 Å². The van der Waals surface area contributed by atoms with Crippen molar-refractivity contribution >= 4 is 23.4 Å².